The van der Waals surface area contributed by atoms with Crippen LogP contribution in [-0.2, 0) is 9.59 Å². The number of benzene rings is 2. The summed E-state index contributed by atoms with van der Waals surface area (Å²) in [6.07, 6.45) is 0.451. The van der Waals surface area contributed by atoms with Gasteiger partial charge in [-0.3, -0.25) is 9.59 Å². The minimum Gasteiger partial charge on any atom is -0.481 e. The van der Waals surface area contributed by atoms with Crippen molar-refractivity contribution >= 4 is 28.7 Å². The minimum atomic E-state index is -0.903. The van der Waals surface area contributed by atoms with E-state index in [2.05, 4.69) is 10.3 Å². The van der Waals surface area contributed by atoms with Crippen molar-refractivity contribution in [3.63, 3.8) is 0 Å². The van der Waals surface area contributed by atoms with Gasteiger partial charge >= 0.3 is 5.97 Å². The molecule has 2 aromatic carbocycles. The van der Waals surface area contributed by atoms with Gasteiger partial charge in [0.1, 0.15) is 5.52 Å². The predicted octanol–water partition coefficient (Wildman–Crippen LogP) is 4.00. The molecule has 3 aromatic rings. The number of carbonyl (C=O) groups is 2. The van der Waals surface area contributed by atoms with Crippen molar-refractivity contribution in [1.82, 2.24) is 4.98 Å². The van der Waals surface area contributed by atoms with Crippen LogP contribution in [0.15, 0.2) is 46.9 Å². The molecule has 6 heteroatoms. The van der Waals surface area contributed by atoms with Crippen LogP contribution >= 0.6 is 0 Å². The first-order chi connectivity index (χ1) is 12.0. The lowest BCUT2D eigenvalue weighted by atomic mass is 10.1. The van der Waals surface area contributed by atoms with E-state index < -0.39 is 5.97 Å². The maximum atomic E-state index is 11.8. The topological polar surface area (TPSA) is 92.4 Å². The van der Waals surface area contributed by atoms with E-state index in [1.54, 1.807) is 18.2 Å². The zero-order valence-electron chi connectivity index (χ0n) is 13.8. The highest BCUT2D eigenvalue weighted by molar-refractivity contribution is 5.93. The smallest absolute Gasteiger partial charge is 0.303 e. The minimum absolute atomic E-state index is 0.0194. The van der Waals surface area contributed by atoms with Crippen LogP contribution in [0.4, 0.5) is 5.69 Å². The van der Waals surface area contributed by atoms with E-state index in [9.17, 15) is 9.59 Å². The van der Waals surface area contributed by atoms with E-state index >= 15 is 0 Å². The van der Waals surface area contributed by atoms with Crippen LogP contribution in [0.1, 0.15) is 24.8 Å². The Labute approximate surface area is 144 Å². The number of hydrogen-bond acceptors (Lipinski definition) is 4. The summed E-state index contributed by atoms with van der Waals surface area (Å²) in [6.45, 7) is 2.00. The second kappa shape index (κ2) is 7.17. The molecule has 0 saturated heterocycles. The van der Waals surface area contributed by atoms with Gasteiger partial charge in [-0.05, 0) is 37.6 Å². The van der Waals surface area contributed by atoms with Gasteiger partial charge in [-0.1, -0.05) is 17.7 Å². The second-order valence-corrected chi connectivity index (χ2v) is 5.87. The Kier molecular flexibility index (Phi) is 4.79. The molecule has 6 nitrogen and oxygen atoms in total. The molecular formula is C19H18N2O4. The number of anilines is 1. The van der Waals surface area contributed by atoms with Crippen LogP contribution in [0, 0.1) is 6.92 Å². The first-order valence-corrected chi connectivity index (χ1v) is 8.00. The fraction of sp³-hybridized carbons (Fsp3) is 0.211. The van der Waals surface area contributed by atoms with Crippen molar-refractivity contribution in [3.8, 4) is 11.5 Å². The molecule has 0 radical (unpaired) electrons. The molecular weight excluding hydrogens is 320 g/mol. The number of carbonyl (C=O) groups excluding carboxylic acids is 1. The molecule has 128 valence electrons. The van der Waals surface area contributed by atoms with E-state index in [0.29, 0.717) is 29.1 Å². The van der Waals surface area contributed by atoms with Crippen LogP contribution < -0.4 is 5.32 Å². The van der Waals surface area contributed by atoms with Gasteiger partial charge in [-0.15, -0.1) is 0 Å². The Bertz CT molecular complexity index is 930. The number of oxazole rings is 1. The fourth-order valence-electron chi connectivity index (χ4n) is 2.53. The third-order valence-corrected chi connectivity index (χ3v) is 3.73. The van der Waals surface area contributed by atoms with E-state index in [0.717, 1.165) is 11.1 Å². The maximum Gasteiger partial charge on any atom is 0.303 e. The van der Waals surface area contributed by atoms with Crippen molar-refractivity contribution in [2.45, 2.75) is 26.2 Å². The number of aliphatic carboxylic acids is 1. The molecule has 2 N–H and O–H groups in total. The number of fused-ring (bicyclic) bond motifs is 1. The molecule has 0 aliphatic carbocycles. The summed E-state index contributed by atoms with van der Waals surface area (Å²) in [4.78, 5) is 26.8. The summed E-state index contributed by atoms with van der Waals surface area (Å²) in [6, 6.07) is 13.1. The molecule has 0 fully saturated rings. The van der Waals surface area contributed by atoms with Crippen molar-refractivity contribution in [1.29, 1.82) is 0 Å². The first kappa shape index (κ1) is 16.7. The number of carboxylic acid groups (broad SMARTS) is 1. The van der Waals surface area contributed by atoms with Gasteiger partial charge in [0.15, 0.2) is 5.58 Å². The third-order valence-electron chi connectivity index (χ3n) is 3.73. The number of carboxylic acids is 1. The van der Waals surface area contributed by atoms with Gasteiger partial charge in [0.05, 0.1) is 0 Å². The molecule has 3 rings (SSSR count). The van der Waals surface area contributed by atoms with Gasteiger partial charge < -0.3 is 14.8 Å². The Balaban J connectivity index is 1.74. The van der Waals surface area contributed by atoms with Crippen LogP contribution in [0.5, 0.6) is 0 Å². The largest absolute Gasteiger partial charge is 0.481 e. The molecule has 0 saturated carbocycles. The normalized spacial score (nSPS) is 10.8. The van der Waals surface area contributed by atoms with Gasteiger partial charge in [-0.25, -0.2) is 4.98 Å². The summed E-state index contributed by atoms with van der Waals surface area (Å²) in [5.41, 5.74) is 3.91. The summed E-state index contributed by atoms with van der Waals surface area (Å²) < 4.78 is 5.80. The van der Waals surface area contributed by atoms with Crippen LogP contribution in [0.2, 0.25) is 0 Å². The fourth-order valence-corrected chi connectivity index (χ4v) is 2.53. The average molecular weight is 338 g/mol. The molecule has 0 aliphatic heterocycles. The summed E-state index contributed by atoms with van der Waals surface area (Å²) in [5, 5.41) is 11.3. The van der Waals surface area contributed by atoms with Gasteiger partial charge in [0.2, 0.25) is 11.8 Å². The predicted molar refractivity (Wildman–Crippen MR) is 94.3 cm³/mol. The molecule has 0 aliphatic rings. The monoisotopic (exact) mass is 338 g/mol. The van der Waals surface area contributed by atoms with E-state index in [4.69, 9.17) is 9.52 Å². The quantitative estimate of drug-likeness (QED) is 0.709. The van der Waals surface area contributed by atoms with E-state index in [-0.39, 0.29) is 18.7 Å². The number of amides is 1. The van der Waals surface area contributed by atoms with E-state index in [1.165, 1.54) is 0 Å². The molecule has 0 spiro atoms. The molecule has 1 heterocycles. The highest BCUT2D eigenvalue weighted by atomic mass is 16.4. The van der Waals surface area contributed by atoms with Crippen LogP contribution in [0.3, 0.4) is 0 Å². The molecule has 25 heavy (non-hydrogen) atoms. The van der Waals surface area contributed by atoms with Crippen LogP contribution in [-0.4, -0.2) is 22.0 Å². The number of nitrogens with one attached hydrogen (secondary N) is 1. The van der Waals surface area contributed by atoms with Gasteiger partial charge in [0.25, 0.3) is 0 Å². The van der Waals surface area contributed by atoms with Crippen molar-refractivity contribution < 1.29 is 19.1 Å². The second-order valence-electron chi connectivity index (χ2n) is 5.87. The molecule has 1 aromatic heterocycles. The number of aromatic nitrogens is 1. The first-order valence-electron chi connectivity index (χ1n) is 8.00. The Morgan fingerprint density at radius 1 is 1.16 bits per heavy atom. The molecule has 0 atom stereocenters. The van der Waals surface area contributed by atoms with E-state index in [1.807, 2.05) is 31.2 Å². The van der Waals surface area contributed by atoms with Crippen molar-refractivity contribution in [3.05, 3.63) is 48.0 Å². The zero-order chi connectivity index (χ0) is 17.8. The summed E-state index contributed by atoms with van der Waals surface area (Å²) in [7, 11) is 0. The number of rotatable bonds is 6. The number of aryl methyl sites for hydroxylation is 1. The lowest BCUT2D eigenvalue weighted by Crippen LogP contribution is -2.11. The van der Waals surface area contributed by atoms with Crippen molar-refractivity contribution in [2.75, 3.05) is 5.32 Å². The lowest BCUT2D eigenvalue weighted by Gasteiger charge is -2.03. The summed E-state index contributed by atoms with van der Waals surface area (Å²) in [5.74, 6) is -0.595. The van der Waals surface area contributed by atoms with Gasteiger partial charge in [-0.2, -0.15) is 0 Å². The SMILES string of the molecule is Cc1cccc(-c2nc3ccc(NC(=O)CCCC(=O)O)cc3o2)c1. The van der Waals surface area contributed by atoms with Crippen LogP contribution in [0.25, 0.3) is 22.6 Å². The van der Waals surface area contributed by atoms with Crippen molar-refractivity contribution in [2.24, 2.45) is 0 Å². The Morgan fingerprint density at radius 3 is 2.76 bits per heavy atom. The molecule has 1 amide bonds. The average Bonchev–Trinajstić information content (AvgIpc) is 2.98. The highest BCUT2D eigenvalue weighted by Crippen LogP contribution is 2.26. The lowest BCUT2D eigenvalue weighted by molar-refractivity contribution is -0.137. The zero-order valence-corrected chi connectivity index (χ0v) is 13.8. The Morgan fingerprint density at radius 2 is 2.00 bits per heavy atom. The molecule has 0 bridgehead atoms. The standard InChI is InChI=1S/C19H18N2O4/c1-12-4-2-5-13(10-12)19-21-15-9-8-14(11-16(15)25-19)20-17(22)6-3-7-18(23)24/h2,4-5,8-11H,3,6-7H2,1H3,(H,20,22)(H,23,24). The summed E-state index contributed by atoms with van der Waals surface area (Å²) >= 11 is 0. The number of nitrogens with zero attached hydrogens (tertiary/aromatic N) is 1. The van der Waals surface area contributed by atoms with Gasteiger partial charge in [0, 0.05) is 30.2 Å². The number of hydrogen-bond donors (Lipinski definition) is 2. The Hall–Kier alpha value is -3.15. The highest BCUT2D eigenvalue weighted by Gasteiger charge is 2.10. The third kappa shape index (κ3) is 4.23. The maximum absolute atomic E-state index is 11.8. The molecule has 0 unspecified atom stereocenters.